The van der Waals surface area contributed by atoms with E-state index in [2.05, 4.69) is 34.9 Å². The average Bonchev–Trinajstić information content (AvgIpc) is 2.49. The number of hydrogen-bond donors (Lipinski definition) is 3. The highest BCUT2D eigenvalue weighted by Crippen LogP contribution is 2.35. The number of amides is 2. The maximum atomic E-state index is 12.0. The summed E-state index contributed by atoms with van der Waals surface area (Å²) >= 11 is 1.90. The lowest BCUT2D eigenvalue weighted by Gasteiger charge is -2.27. The fourth-order valence-electron chi connectivity index (χ4n) is 3.09. The second kappa shape index (κ2) is 8.06. The molecule has 3 N–H and O–H groups in total. The van der Waals surface area contributed by atoms with Crippen LogP contribution >= 0.6 is 11.8 Å². The molecule has 1 heterocycles. The standard InChI is InChI=1S/C18H28N2O2S/c1-13(21)10-18(2,3)12-20-17(22)19-11-16-15-7-5-4-6-14(15)8-9-23-16/h4-7,13,16,21H,8-12H2,1-3H3,(H2,19,20,22)/t13-,16+/m1/s1. The molecule has 0 bridgehead atoms. The van der Waals surface area contributed by atoms with Crippen LogP contribution in [0.2, 0.25) is 0 Å². The van der Waals surface area contributed by atoms with Gasteiger partial charge in [0, 0.05) is 18.3 Å². The van der Waals surface area contributed by atoms with Gasteiger partial charge in [-0.1, -0.05) is 38.1 Å². The topological polar surface area (TPSA) is 61.4 Å². The number of nitrogens with one attached hydrogen (secondary N) is 2. The third-order valence-corrected chi connectivity index (χ3v) is 5.38. The first kappa shape index (κ1) is 18.1. The van der Waals surface area contributed by atoms with Crippen molar-refractivity contribution in [1.29, 1.82) is 0 Å². The Hall–Kier alpha value is -1.20. The van der Waals surface area contributed by atoms with Crippen LogP contribution in [-0.4, -0.2) is 36.1 Å². The van der Waals surface area contributed by atoms with E-state index in [0.29, 0.717) is 24.8 Å². The van der Waals surface area contributed by atoms with Gasteiger partial charge in [0.2, 0.25) is 0 Å². The molecule has 128 valence electrons. The molecule has 0 saturated carbocycles. The quantitative estimate of drug-likeness (QED) is 0.748. The molecule has 1 aliphatic heterocycles. The van der Waals surface area contributed by atoms with E-state index in [1.165, 1.54) is 11.1 Å². The molecular weight excluding hydrogens is 308 g/mol. The zero-order chi connectivity index (χ0) is 16.9. The van der Waals surface area contributed by atoms with E-state index in [1.54, 1.807) is 6.92 Å². The van der Waals surface area contributed by atoms with E-state index >= 15 is 0 Å². The molecule has 2 atom stereocenters. The van der Waals surface area contributed by atoms with Crippen LogP contribution in [0.5, 0.6) is 0 Å². The predicted molar refractivity (Wildman–Crippen MR) is 96.8 cm³/mol. The van der Waals surface area contributed by atoms with Crippen LogP contribution in [0.3, 0.4) is 0 Å². The summed E-state index contributed by atoms with van der Waals surface area (Å²) in [5, 5.41) is 15.7. The van der Waals surface area contributed by atoms with Crippen molar-refractivity contribution >= 4 is 17.8 Å². The van der Waals surface area contributed by atoms with Crippen molar-refractivity contribution in [2.75, 3.05) is 18.8 Å². The molecule has 1 aliphatic rings. The number of urea groups is 1. The molecule has 0 aliphatic carbocycles. The molecule has 0 radical (unpaired) electrons. The maximum absolute atomic E-state index is 12.0. The van der Waals surface area contributed by atoms with E-state index in [0.717, 1.165) is 12.2 Å². The number of rotatable bonds is 6. The van der Waals surface area contributed by atoms with Crippen LogP contribution in [0, 0.1) is 5.41 Å². The van der Waals surface area contributed by atoms with E-state index < -0.39 is 0 Å². The number of fused-ring (bicyclic) bond motifs is 1. The lowest BCUT2D eigenvalue weighted by molar-refractivity contribution is 0.129. The molecule has 2 rings (SSSR count). The minimum Gasteiger partial charge on any atom is -0.393 e. The normalized spacial score (nSPS) is 18.9. The maximum Gasteiger partial charge on any atom is 0.314 e. The van der Waals surface area contributed by atoms with E-state index in [9.17, 15) is 9.90 Å². The summed E-state index contributed by atoms with van der Waals surface area (Å²) in [7, 11) is 0. The Kier molecular flexibility index (Phi) is 6.36. The van der Waals surface area contributed by atoms with Crippen LogP contribution in [-0.2, 0) is 6.42 Å². The Morgan fingerprint density at radius 2 is 2.13 bits per heavy atom. The van der Waals surface area contributed by atoms with Gasteiger partial charge in [-0.2, -0.15) is 11.8 Å². The summed E-state index contributed by atoms with van der Waals surface area (Å²) in [5.41, 5.74) is 2.63. The van der Waals surface area contributed by atoms with Crippen molar-refractivity contribution in [2.45, 2.75) is 45.0 Å². The zero-order valence-corrected chi connectivity index (χ0v) is 15.1. The summed E-state index contributed by atoms with van der Waals surface area (Å²) in [4.78, 5) is 12.0. The Morgan fingerprint density at radius 1 is 1.39 bits per heavy atom. The van der Waals surface area contributed by atoms with Gasteiger partial charge in [0.15, 0.2) is 0 Å². The van der Waals surface area contributed by atoms with Crippen LogP contribution in [0.1, 0.15) is 43.6 Å². The lowest BCUT2D eigenvalue weighted by Crippen LogP contribution is -2.42. The van der Waals surface area contributed by atoms with Crippen molar-refractivity contribution in [1.82, 2.24) is 10.6 Å². The Morgan fingerprint density at radius 3 is 2.87 bits per heavy atom. The number of benzene rings is 1. The molecule has 0 spiro atoms. The molecule has 1 aromatic carbocycles. The zero-order valence-electron chi connectivity index (χ0n) is 14.3. The first-order valence-corrected chi connectivity index (χ1v) is 9.31. The molecule has 0 fully saturated rings. The van der Waals surface area contributed by atoms with Gasteiger partial charge in [0.1, 0.15) is 0 Å². The summed E-state index contributed by atoms with van der Waals surface area (Å²) in [6.45, 7) is 7.07. The predicted octanol–water partition coefficient (Wildman–Crippen LogP) is 3.11. The van der Waals surface area contributed by atoms with E-state index in [-0.39, 0.29) is 17.6 Å². The summed E-state index contributed by atoms with van der Waals surface area (Å²) in [6, 6.07) is 8.36. The monoisotopic (exact) mass is 336 g/mol. The highest BCUT2D eigenvalue weighted by molar-refractivity contribution is 7.99. The first-order valence-electron chi connectivity index (χ1n) is 8.26. The SMILES string of the molecule is C[C@@H](O)CC(C)(C)CNC(=O)NC[C@@H]1SCCc2ccccc21. The van der Waals surface area contributed by atoms with E-state index in [4.69, 9.17) is 0 Å². The molecular formula is C18H28N2O2S. The van der Waals surface area contributed by atoms with Gasteiger partial charge in [-0.15, -0.1) is 0 Å². The van der Waals surface area contributed by atoms with Crippen molar-refractivity contribution in [3.05, 3.63) is 35.4 Å². The molecule has 23 heavy (non-hydrogen) atoms. The number of aliphatic hydroxyl groups excluding tert-OH is 1. The third kappa shape index (κ3) is 5.74. The molecule has 2 amide bonds. The lowest BCUT2D eigenvalue weighted by atomic mass is 9.87. The molecule has 5 heteroatoms. The first-order chi connectivity index (χ1) is 10.9. The smallest absolute Gasteiger partial charge is 0.314 e. The van der Waals surface area contributed by atoms with Gasteiger partial charge >= 0.3 is 6.03 Å². The second-order valence-corrected chi connectivity index (χ2v) is 8.40. The fraction of sp³-hybridized carbons (Fsp3) is 0.611. The van der Waals surface area contributed by atoms with Crippen LogP contribution in [0.4, 0.5) is 4.79 Å². The Balaban J connectivity index is 1.79. The Labute approximate surface area is 143 Å². The van der Waals surface area contributed by atoms with Gasteiger partial charge in [0.25, 0.3) is 0 Å². The van der Waals surface area contributed by atoms with Crippen LogP contribution in [0.25, 0.3) is 0 Å². The van der Waals surface area contributed by atoms with Crippen molar-refractivity contribution < 1.29 is 9.90 Å². The molecule has 0 aromatic heterocycles. The molecule has 0 saturated heterocycles. The average molecular weight is 337 g/mol. The van der Waals surface area contributed by atoms with Gasteiger partial charge in [-0.05, 0) is 42.1 Å². The van der Waals surface area contributed by atoms with Gasteiger partial charge < -0.3 is 15.7 Å². The summed E-state index contributed by atoms with van der Waals surface area (Å²) in [5.74, 6) is 1.10. The number of aryl methyl sites for hydroxylation is 1. The van der Waals surface area contributed by atoms with Gasteiger partial charge in [-0.3, -0.25) is 0 Å². The molecule has 4 nitrogen and oxygen atoms in total. The minimum atomic E-state index is -0.356. The second-order valence-electron chi connectivity index (χ2n) is 7.09. The largest absolute Gasteiger partial charge is 0.393 e. The minimum absolute atomic E-state index is 0.113. The van der Waals surface area contributed by atoms with Crippen LogP contribution in [0.15, 0.2) is 24.3 Å². The van der Waals surface area contributed by atoms with Crippen LogP contribution < -0.4 is 10.6 Å². The number of thioether (sulfide) groups is 1. The molecule has 1 aromatic rings. The number of carbonyl (C=O) groups is 1. The summed E-state index contributed by atoms with van der Waals surface area (Å²) < 4.78 is 0. The van der Waals surface area contributed by atoms with Gasteiger partial charge in [-0.25, -0.2) is 4.79 Å². The number of carbonyl (C=O) groups excluding carboxylic acids is 1. The number of hydrogen-bond acceptors (Lipinski definition) is 3. The van der Waals surface area contributed by atoms with Crippen molar-refractivity contribution in [3.8, 4) is 0 Å². The van der Waals surface area contributed by atoms with Gasteiger partial charge in [0.05, 0.1) is 6.10 Å². The highest BCUT2D eigenvalue weighted by atomic mass is 32.2. The molecule has 0 unspecified atom stereocenters. The third-order valence-electron chi connectivity index (χ3n) is 4.12. The van der Waals surface area contributed by atoms with Crippen molar-refractivity contribution in [3.63, 3.8) is 0 Å². The van der Waals surface area contributed by atoms with Crippen molar-refractivity contribution in [2.24, 2.45) is 5.41 Å². The number of aliphatic hydroxyl groups is 1. The highest BCUT2D eigenvalue weighted by Gasteiger charge is 2.23. The summed E-state index contributed by atoms with van der Waals surface area (Å²) in [6.07, 6.45) is 1.42. The fourth-order valence-corrected chi connectivity index (χ4v) is 4.32. The van der Waals surface area contributed by atoms with E-state index in [1.807, 2.05) is 25.6 Å². The Bertz CT molecular complexity index is 532.